The summed E-state index contributed by atoms with van der Waals surface area (Å²) < 4.78 is 26.2. The number of anilines is 1. The number of nitrogens with zero attached hydrogens (tertiary/aromatic N) is 1. The van der Waals surface area contributed by atoms with E-state index in [9.17, 15) is 13.2 Å². The molecule has 5 nitrogen and oxygen atoms in total. The molecule has 6 heteroatoms. The summed E-state index contributed by atoms with van der Waals surface area (Å²) in [6.45, 7) is 3.60. The van der Waals surface area contributed by atoms with Crippen LogP contribution in [-0.4, -0.2) is 32.7 Å². The summed E-state index contributed by atoms with van der Waals surface area (Å²) in [4.78, 5) is 11.2. The maximum Gasteiger partial charge on any atom is 0.235 e. The minimum atomic E-state index is -3.33. The van der Waals surface area contributed by atoms with Crippen LogP contribution in [0.2, 0.25) is 0 Å². The molecule has 0 radical (unpaired) electrons. The zero-order valence-corrected chi connectivity index (χ0v) is 12.6. The molecule has 0 saturated carbocycles. The number of hydrogen-bond donors (Lipinski definition) is 1. The summed E-state index contributed by atoms with van der Waals surface area (Å²) in [5.41, 5.74) is 1.69. The molecule has 0 aromatic heterocycles. The van der Waals surface area contributed by atoms with Crippen molar-refractivity contribution in [3.63, 3.8) is 0 Å². The summed E-state index contributed by atoms with van der Waals surface area (Å²) >= 11 is 0. The van der Waals surface area contributed by atoms with Gasteiger partial charge >= 0.3 is 0 Å². The Morgan fingerprint density at radius 2 is 2.10 bits per heavy atom. The average molecular weight is 296 g/mol. The number of carbonyl (C=O) groups is 1. The third-order valence-corrected chi connectivity index (χ3v) is 5.26. The highest BCUT2D eigenvalue weighted by Crippen LogP contribution is 2.29. The zero-order valence-electron chi connectivity index (χ0n) is 11.8. The predicted molar refractivity (Wildman–Crippen MR) is 79.2 cm³/mol. The van der Waals surface area contributed by atoms with Gasteiger partial charge in [0.2, 0.25) is 15.9 Å². The number of hydrogen-bond acceptors (Lipinski definition) is 3. The molecule has 1 aliphatic heterocycles. The normalized spacial score (nSPS) is 18.5. The van der Waals surface area contributed by atoms with Crippen LogP contribution in [0.1, 0.15) is 25.8 Å². The van der Waals surface area contributed by atoms with Crippen molar-refractivity contribution in [2.45, 2.75) is 32.7 Å². The molecule has 1 atom stereocenters. The van der Waals surface area contributed by atoms with Crippen LogP contribution in [0.25, 0.3) is 0 Å². The number of rotatable bonds is 4. The topological polar surface area (TPSA) is 66.5 Å². The Morgan fingerprint density at radius 3 is 2.75 bits per heavy atom. The van der Waals surface area contributed by atoms with Crippen LogP contribution in [0.4, 0.5) is 5.69 Å². The predicted octanol–water partition coefficient (Wildman–Crippen LogP) is 1.29. The largest absolute Gasteiger partial charge is 0.351 e. The summed E-state index contributed by atoms with van der Waals surface area (Å²) in [5.74, 6) is -0.0177. The number of nitrogens with one attached hydrogen (secondary N) is 1. The average Bonchev–Trinajstić information content (AvgIpc) is 2.37. The van der Waals surface area contributed by atoms with Gasteiger partial charge < -0.3 is 5.32 Å². The lowest BCUT2D eigenvalue weighted by Crippen LogP contribution is -2.50. The molecule has 0 aliphatic carbocycles. The molecule has 2 rings (SSSR count). The molecule has 0 spiro atoms. The van der Waals surface area contributed by atoms with E-state index in [2.05, 4.69) is 5.32 Å². The Balaban J connectivity index is 2.37. The van der Waals surface area contributed by atoms with E-state index in [0.717, 1.165) is 11.3 Å². The Labute approximate surface area is 120 Å². The Morgan fingerprint density at radius 1 is 1.40 bits per heavy atom. The standard InChI is InChI=1S/C14H20N2O3S/c1-3-8-20(18,19)16-10-13(15-11(2)17)9-12-6-4-5-7-14(12)16/h4-7,13H,3,8-10H2,1-2H3,(H,15,17). The van der Waals surface area contributed by atoms with Gasteiger partial charge in [-0.1, -0.05) is 25.1 Å². The maximum atomic E-state index is 12.4. The lowest BCUT2D eigenvalue weighted by atomic mass is 10.00. The second-order valence-corrected chi connectivity index (χ2v) is 7.09. The van der Waals surface area contributed by atoms with Gasteiger partial charge in [-0.15, -0.1) is 0 Å². The molecule has 1 N–H and O–H groups in total. The number of benzene rings is 1. The number of fused-ring (bicyclic) bond motifs is 1. The molecule has 1 aliphatic rings. The number of para-hydroxylation sites is 1. The lowest BCUT2D eigenvalue weighted by Gasteiger charge is -2.35. The smallest absolute Gasteiger partial charge is 0.235 e. The SMILES string of the molecule is CCCS(=O)(=O)N1CC(NC(C)=O)Cc2ccccc21. The van der Waals surface area contributed by atoms with Crippen LogP contribution in [0, 0.1) is 0 Å². The fourth-order valence-corrected chi connectivity index (χ4v) is 4.19. The van der Waals surface area contributed by atoms with Gasteiger partial charge in [-0.05, 0) is 24.5 Å². The first kappa shape index (κ1) is 14.8. The fourth-order valence-electron chi connectivity index (χ4n) is 2.57. The van der Waals surface area contributed by atoms with Gasteiger partial charge in [-0.25, -0.2) is 8.42 Å². The van der Waals surface area contributed by atoms with Crippen molar-refractivity contribution in [3.8, 4) is 0 Å². The molecule has 1 amide bonds. The summed E-state index contributed by atoms with van der Waals surface area (Å²) in [5, 5.41) is 2.82. The van der Waals surface area contributed by atoms with Crippen molar-refractivity contribution < 1.29 is 13.2 Å². The Hall–Kier alpha value is -1.56. The molecule has 20 heavy (non-hydrogen) atoms. The lowest BCUT2D eigenvalue weighted by molar-refractivity contribution is -0.119. The maximum absolute atomic E-state index is 12.4. The van der Waals surface area contributed by atoms with E-state index in [1.807, 2.05) is 31.2 Å². The van der Waals surface area contributed by atoms with E-state index >= 15 is 0 Å². The number of amides is 1. The van der Waals surface area contributed by atoms with E-state index in [4.69, 9.17) is 0 Å². The van der Waals surface area contributed by atoms with Crippen LogP contribution in [0.15, 0.2) is 24.3 Å². The molecule has 0 saturated heterocycles. The van der Waals surface area contributed by atoms with E-state index < -0.39 is 10.0 Å². The van der Waals surface area contributed by atoms with Gasteiger partial charge in [0.25, 0.3) is 0 Å². The molecular weight excluding hydrogens is 276 g/mol. The fraction of sp³-hybridized carbons (Fsp3) is 0.500. The van der Waals surface area contributed by atoms with E-state index in [1.54, 1.807) is 0 Å². The highest BCUT2D eigenvalue weighted by atomic mass is 32.2. The molecule has 1 aromatic carbocycles. The minimum absolute atomic E-state index is 0.119. The van der Waals surface area contributed by atoms with Crippen molar-refractivity contribution in [2.75, 3.05) is 16.6 Å². The Kier molecular flexibility index (Phi) is 4.32. The van der Waals surface area contributed by atoms with Gasteiger partial charge in [0.15, 0.2) is 0 Å². The van der Waals surface area contributed by atoms with Crippen molar-refractivity contribution >= 4 is 21.6 Å². The second-order valence-electron chi connectivity index (χ2n) is 5.08. The summed E-state index contributed by atoms with van der Waals surface area (Å²) in [6.07, 6.45) is 1.24. The quantitative estimate of drug-likeness (QED) is 0.910. The molecular formula is C14H20N2O3S. The minimum Gasteiger partial charge on any atom is -0.351 e. The molecule has 1 aromatic rings. The van der Waals surface area contributed by atoms with Crippen molar-refractivity contribution in [1.29, 1.82) is 0 Å². The number of sulfonamides is 1. The molecule has 110 valence electrons. The summed E-state index contributed by atoms with van der Waals surface area (Å²) in [7, 11) is -3.33. The molecule has 0 bridgehead atoms. The Bertz CT molecular complexity index is 598. The van der Waals surface area contributed by atoms with Crippen molar-refractivity contribution in [3.05, 3.63) is 29.8 Å². The molecule has 0 fully saturated rings. The van der Waals surface area contributed by atoms with E-state index in [1.165, 1.54) is 11.2 Å². The first-order valence-electron chi connectivity index (χ1n) is 6.79. The van der Waals surface area contributed by atoms with Gasteiger partial charge in [0.05, 0.1) is 24.0 Å². The van der Waals surface area contributed by atoms with Crippen LogP contribution in [0.5, 0.6) is 0 Å². The highest BCUT2D eigenvalue weighted by molar-refractivity contribution is 7.92. The van der Waals surface area contributed by atoms with E-state index in [0.29, 0.717) is 19.4 Å². The monoisotopic (exact) mass is 296 g/mol. The third kappa shape index (κ3) is 3.12. The zero-order chi connectivity index (χ0) is 14.8. The van der Waals surface area contributed by atoms with E-state index in [-0.39, 0.29) is 17.7 Å². The van der Waals surface area contributed by atoms with Gasteiger partial charge in [-0.3, -0.25) is 9.10 Å². The first-order valence-corrected chi connectivity index (χ1v) is 8.40. The second kappa shape index (κ2) is 5.83. The van der Waals surface area contributed by atoms with Gasteiger partial charge in [-0.2, -0.15) is 0 Å². The number of carbonyl (C=O) groups excluding carboxylic acids is 1. The van der Waals surface area contributed by atoms with Crippen LogP contribution >= 0.6 is 0 Å². The van der Waals surface area contributed by atoms with Crippen LogP contribution < -0.4 is 9.62 Å². The van der Waals surface area contributed by atoms with Crippen molar-refractivity contribution in [2.24, 2.45) is 0 Å². The summed E-state index contributed by atoms with van der Waals surface area (Å²) in [6, 6.07) is 7.30. The van der Waals surface area contributed by atoms with Crippen molar-refractivity contribution in [1.82, 2.24) is 5.32 Å². The first-order chi connectivity index (χ1) is 9.44. The molecule has 1 heterocycles. The van der Waals surface area contributed by atoms with Crippen LogP contribution in [0.3, 0.4) is 0 Å². The molecule has 1 unspecified atom stereocenters. The third-order valence-electron chi connectivity index (χ3n) is 3.32. The highest BCUT2D eigenvalue weighted by Gasteiger charge is 2.31. The van der Waals surface area contributed by atoms with Crippen LogP contribution in [-0.2, 0) is 21.2 Å². The van der Waals surface area contributed by atoms with Gasteiger partial charge in [0, 0.05) is 6.92 Å². The van der Waals surface area contributed by atoms with Gasteiger partial charge in [0.1, 0.15) is 0 Å².